The van der Waals surface area contributed by atoms with Crippen LogP contribution >= 0.6 is 0 Å². The monoisotopic (exact) mass is 198 g/mol. The second-order valence-corrected chi connectivity index (χ2v) is 3.06. The molecule has 0 fully saturated rings. The Bertz CT molecular complexity index is 438. The van der Waals surface area contributed by atoms with Crippen LogP contribution in [0.25, 0.3) is 0 Å². The van der Waals surface area contributed by atoms with Gasteiger partial charge in [0.2, 0.25) is 5.71 Å². The van der Waals surface area contributed by atoms with Gasteiger partial charge in [-0.2, -0.15) is 15.6 Å². The smallest absolute Gasteiger partial charge is 0.237 e. The van der Waals surface area contributed by atoms with Gasteiger partial charge in [-0.1, -0.05) is 18.2 Å². The van der Waals surface area contributed by atoms with Crippen molar-refractivity contribution in [1.82, 2.24) is 0 Å². The van der Waals surface area contributed by atoms with Crippen molar-refractivity contribution < 1.29 is 0 Å². The van der Waals surface area contributed by atoms with Gasteiger partial charge in [0.15, 0.2) is 0 Å². The van der Waals surface area contributed by atoms with Gasteiger partial charge in [-0.25, -0.2) is 0 Å². The molecule has 0 spiro atoms. The van der Waals surface area contributed by atoms with E-state index in [9.17, 15) is 0 Å². The van der Waals surface area contributed by atoms with Gasteiger partial charge >= 0.3 is 0 Å². The molecule has 0 aliphatic heterocycles. The summed E-state index contributed by atoms with van der Waals surface area (Å²) in [4.78, 5) is 0. The van der Waals surface area contributed by atoms with Crippen molar-refractivity contribution in [1.29, 1.82) is 10.5 Å². The lowest BCUT2D eigenvalue weighted by Gasteiger charge is -2.07. The van der Waals surface area contributed by atoms with E-state index in [4.69, 9.17) is 10.5 Å². The van der Waals surface area contributed by atoms with Crippen LogP contribution < -0.4 is 5.43 Å². The van der Waals surface area contributed by atoms with E-state index in [1.54, 1.807) is 12.1 Å². The zero-order valence-corrected chi connectivity index (χ0v) is 8.57. The molecule has 15 heavy (non-hydrogen) atoms. The van der Waals surface area contributed by atoms with Crippen LogP contribution in [0.5, 0.6) is 0 Å². The molecule has 0 saturated carbocycles. The molecule has 0 unspecified atom stereocenters. The van der Waals surface area contributed by atoms with Gasteiger partial charge in [0, 0.05) is 0 Å². The van der Waals surface area contributed by atoms with Gasteiger partial charge in [0.25, 0.3) is 0 Å². The van der Waals surface area contributed by atoms with Crippen LogP contribution in [0.1, 0.15) is 11.1 Å². The molecule has 0 aromatic heterocycles. The van der Waals surface area contributed by atoms with Crippen molar-refractivity contribution in [2.24, 2.45) is 5.10 Å². The van der Waals surface area contributed by atoms with E-state index in [0.717, 1.165) is 16.8 Å². The fourth-order valence-corrected chi connectivity index (χ4v) is 1.18. The minimum atomic E-state index is -0.183. The molecule has 0 aliphatic rings. The molecule has 4 heteroatoms. The summed E-state index contributed by atoms with van der Waals surface area (Å²) in [6.07, 6.45) is 0. The summed E-state index contributed by atoms with van der Waals surface area (Å²) in [5, 5.41) is 20.7. The number of nitriles is 2. The number of hydrazone groups is 1. The Morgan fingerprint density at radius 3 is 2.20 bits per heavy atom. The molecule has 0 amide bonds. The van der Waals surface area contributed by atoms with Crippen LogP contribution in [0.4, 0.5) is 5.69 Å². The summed E-state index contributed by atoms with van der Waals surface area (Å²) in [6, 6.07) is 9.18. The second kappa shape index (κ2) is 4.78. The SMILES string of the molecule is Cc1cccc(C)c1NN=C(C#N)C#N. The Kier molecular flexibility index (Phi) is 3.43. The normalized spacial score (nSPS) is 8.53. The predicted octanol–water partition coefficient (Wildman–Crippen LogP) is 2.12. The first kappa shape index (κ1) is 10.7. The molecule has 74 valence electrons. The number of anilines is 1. The molecule has 1 rings (SSSR count). The van der Waals surface area contributed by atoms with Crippen molar-refractivity contribution in [3.63, 3.8) is 0 Å². The Morgan fingerprint density at radius 2 is 1.73 bits per heavy atom. The summed E-state index contributed by atoms with van der Waals surface area (Å²) in [5.74, 6) is 0. The standard InChI is InChI=1S/C11H10N4/c1-8-4-3-5-9(2)11(8)15-14-10(6-12)7-13/h3-5,15H,1-2H3. The summed E-state index contributed by atoms with van der Waals surface area (Å²) in [5.41, 5.74) is 5.42. The Balaban J connectivity index is 2.98. The van der Waals surface area contributed by atoms with Crippen molar-refractivity contribution >= 4 is 11.4 Å². The first-order valence-electron chi connectivity index (χ1n) is 4.39. The molecule has 0 bridgehead atoms. The van der Waals surface area contributed by atoms with Crippen LogP contribution in [0.15, 0.2) is 23.3 Å². The molecule has 0 aliphatic carbocycles. The molecule has 1 aromatic carbocycles. The zero-order valence-electron chi connectivity index (χ0n) is 8.57. The molecule has 0 saturated heterocycles. The van der Waals surface area contributed by atoms with E-state index in [1.807, 2.05) is 32.0 Å². The molecule has 1 aromatic rings. The molecule has 0 heterocycles. The molecular formula is C11H10N4. The van der Waals surface area contributed by atoms with Crippen LogP contribution in [0, 0.1) is 36.5 Å². The average Bonchev–Trinajstić information content (AvgIpc) is 2.23. The topological polar surface area (TPSA) is 72.0 Å². The van der Waals surface area contributed by atoms with Gasteiger partial charge in [0.05, 0.1) is 5.69 Å². The van der Waals surface area contributed by atoms with E-state index in [2.05, 4.69) is 10.5 Å². The summed E-state index contributed by atoms with van der Waals surface area (Å²) >= 11 is 0. The lowest BCUT2D eigenvalue weighted by atomic mass is 10.1. The summed E-state index contributed by atoms with van der Waals surface area (Å²) < 4.78 is 0. The Hall–Kier alpha value is -2.33. The number of nitrogens with one attached hydrogen (secondary N) is 1. The largest absolute Gasteiger partial charge is 0.276 e. The van der Waals surface area contributed by atoms with Crippen molar-refractivity contribution in [3.05, 3.63) is 29.3 Å². The first-order valence-corrected chi connectivity index (χ1v) is 4.39. The van der Waals surface area contributed by atoms with Crippen molar-refractivity contribution in [2.75, 3.05) is 5.43 Å². The summed E-state index contributed by atoms with van der Waals surface area (Å²) in [7, 11) is 0. The Morgan fingerprint density at radius 1 is 1.20 bits per heavy atom. The van der Waals surface area contributed by atoms with Crippen molar-refractivity contribution in [2.45, 2.75) is 13.8 Å². The second-order valence-electron chi connectivity index (χ2n) is 3.06. The molecule has 0 radical (unpaired) electrons. The maximum absolute atomic E-state index is 8.50. The fourth-order valence-electron chi connectivity index (χ4n) is 1.18. The maximum Gasteiger partial charge on any atom is 0.237 e. The van der Waals surface area contributed by atoms with E-state index >= 15 is 0 Å². The molecule has 4 nitrogen and oxygen atoms in total. The molecule has 0 atom stereocenters. The number of aryl methyl sites for hydroxylation is 2. The fraction of sp³-hybridized carbons (Fsp3) is 0.182. The van der Waals surface area contributed by atoms with E-state index < -0.39 is 0 Å². The van der Waals surface area contributed by atoms with Crippen LogP contribution in [-0.2, 0) is 0 Å². The highest BCUT2D eigenvalue weighted by atomic mass is 15.3. The highest BCUT2D eigenvalue weighted by molar-refractivity contribution is 6.10. The minimum absolute atomic E-state index is 0.183. The predicted molar refractivity (Wildman–Crippen MR) is 58.2 cm³/mol. The highest BCUT2D eigenvalue weighted by Gasteiger charge is 2.00. The van der Waals surface area contributed by atoms with Crippen LogP contribution in [0.2, 0.25) is 0 Å². The highest BCUT2D eigenvalue weighted by Crippen LogP contribution is 2.19. The van der Waals surface area contributed by atoms with Gasteiger partial charge in [-0.3, -0.25) is 5.43 Å². The lowest BCUT2D eigenvalue weighted by Crippen LogP contribution is -1.99. The van der Waals surface area contributed by atoms with Crippen LogP contribution in [-0.4, -0.2) is 5.71 Å². The minimum Gasteiger partial charge on any atom is -0.276 e. The third kappa shape index (κ3) is 2.55. The first-order chi connectivity index (χ1) is 7.19. The lowest BCUT2D eigenvalue weighted by molar-refractivity contribution is 1.27. The number of hydrogen-bond acceptors (Lipinski definition) is 4. The third-order valence-electron chi connectivity index (χ3n) is 1.97. The maximum atomic E-state index is 8.50. The van der Waals surface area contributed by atoms with Gasteiger partial charge < -0.3 is 0 Å². The number of hydrogen-bond donors (Lipinski definition) is 1. The van der Waals surface area contributed by atoms with Gasteiger partial charge in [-0.15, -0.1) is 0 Å². The molecular weight excluding hydrogens is 188 g/mol. The number of benzene rings is 1. The number of nitrogens with zero attached hydrogens (tertiary/aromatic N) is 3. The summed E-state index contributed by atoms with van der Waals surface area (Å²) in [6.45, 7) is 3.87. The number of para-hydroxylation sites is 1. The van der Waals surface area contributed by atoms with Crippen LogP contribution in [0.3, 0.4) is 0 Å². The quantitative estimate of drug-likeness (QED) is 0.584. The van der Waals surface area contributed by atoms with E-state index in [0.29, 0.717) is 0 Å². The average molecular weight is 198 g/mol. The van der Waals surface area contributed by atoms with E-state index in [1.165, 1.54) is 0 Å². The van der Waals surface area contributed by atoms with Gasteiger partial charge in [-0.05, 0) is 25.0 Å². The third-order valence-corrected chi connectivity index (χ3v) is 1.97. The number of rotatable bonds is 2. The zero-order chi connectivity index (χ0) is 11.3. The Labute approximate surface area is 88.5 Å². The van der Waals surface area contributed by atoms with Gasteiger partial charge in [0.1, 0.15) is 12.1 Å². The van der Waals surface area contributed by atoms with E-state index in [-0.39, 0.29) is 5.71 Å². The van der Waals surface area contributed by atoms with Crippen molar-refractivity contribution in [3.8, 4) is 12.1 Å². The molecule has 1 N–H and O–H groups in total.